The Hall–Kier alpha value is -2.80. The van der Waals surface area contributed by atoms with Gasteiger partial charge >= 0.3 is 5.97 Å². The number of hydrogen-bond donors (Lipinski definition) is 2. The number of carbonyl (C=O) groups is 1. The van der Waals surface area contributed by atoms with Crippen LogP contribution in [-0.2, 0) is 6.54 Å². The lowest BCUT2D eigenvalue weighted by Gasteiger charge is -2.29. The summed E-state index contributed by atoms with van der Waals surface area (Å²) in [7, 11) is 5.54. The van der Waals surface area contributed by atoms with Gasteiger partial charge < -0.3 is 25.0 Å². The van der Waals surface area contributed by atoms with E-state index in [1.165, 1.54) is 7.11 Å². The van der Waals surface area contributed by atoms with Gasteiger partial charge in [-0.15, -0.1) is 0 Å². The third-order valence-corrected chi connectivity index (χ3v) is 4.16. The highest BCUT2D eigenvalue weighted by molar-refractivity contribution is 5.91. The van der Waals surface area contributed by atoms with Gasteiger partial charge in [0.1, 0.15) is 17.5 Å². The largest absolute Gasteiger partial charge is 0.496 e. The van der Waals surface area contributed by atoms with E-state index in [0.29, 0.717) is 12.3 Å². The van der Waals surface area contributed by atoms with Crippen molar-refractivity contribution in [3.63, 3.8) is 0 Å². The Kier molecular flexibility index (Phi) is 4.76. The van der Waals surface area contributed by atoms with Crippen molar-refractivity contribution in [2.24, 2.45) is 0 Å². The zero-order chi connectivity index (χ0) is 18.0. The third kappa shape index (κ3) is 3.51. The third-order valence-electron chi connectivity index (χ3n) is 4.16. The summed E-state index contributed by atoms with van der Waals surface area (Å²) in [5, 5.41) is 12.7. The molecule has 0 bridgehead atoms. The SMILES string of the molecule is COc1cc(CN2c3cccnc3NC2CN(C)C)ccc1C(=O)O. The van der Waals surface area contributed by atoms with Gasteiger partial charge in [-0.1, -0.05) is 6.07 Å². The van der Waals surface area contributed by atoms with E-state index < -0.39 is 5.97 Å². The lowest BCUT2D eigenvalue weighted by molar-refractivity contribution is 0.0693. The number of hydrogen-bond acceptors (Lipinski definition) is 6. The lowest BCUT2D eigenvalue weighted by atomic mass is 10.1. The summed E-state index contributed by atoms with van der Waals surface area (Å²) in [6.07, 6.45) is 1.86. The number of pyridine rings is 1. The number of nitrogens with zero attached hydrogens (tertiary/aromatic N) is 3. The number of nitrogens with one attached hydrogen (secondary N) is 1. The summed E-state index contributed by atoms with van der Waals surface area (Å²) in [6.45, 7) is 1.45. The minimum atomic E-state index is -0.994. The van der Waals surface area contributed by atoms with E-state index in [0.717, 1.165) is 23.6 Å². The van der Waals surface area contributed by atoms with E-state index >= 15 is 0 Å². The van der Waals surface area contributed by atoms with Crippen LogP contribution in [0.15, 0.2) is 36.5 Å². The molecule has 0 amide bonds. The number of likely N-dealkylation sites (N-methyl/N-ethyl adjacent to an activating group) is 1. The van der Waals surface area contributed by atoms with Gasteiger partial charge in [-0.2, -0.15) is 0 Å². The Morgan fingerprint density at radius 2 is 2.20 bits per heavy atom. The first kappa shape index (κ1) is 17.0. The molecule has 1 aromatic heterocycles. The van der Waals surface area contributed by atoms with Gasteiger partial charge in [0, 0.05) is 19.3 Å². The quantitative estimate of drug-likeness (QED) is 0.832. The molecule has 0 spiro atoms. The fraction of sp³-hybridized carbons (Fsp3) is 0.333. The van der Waals surface area contributed by atoms with Crippen LogP contribution in [0.3, 0.4) is 0 Å². The molecule has 0 aliphatic carbocycles. The fourth-order valence-electron chi connectivity index (χ4n) is 3.04. The van der Waals surface area contributed by atoms with Crippen molar-refractivity contribution in [1.29, 1.82) is 0 Å². The highest BCUT2D eigenvalue weighted by atomic mass is 16.5. The number of aromatic carboxylic acids is 1. The molecule has 3 rings (SSSR count). The number of carboxylic acid groups (broad SMARTS) is 1. The summed E-state index contributed by atoms with van der Waals surface area (Å²) in [6, 6.07) is 9.15. The molecule has 1 atom stereocenters. The van der Waals surface area contributed by atoms with Gasteiger partial charge in [0.15, 0.2) is 5.82 Å². The Morgan fingerprint density at radius 1 is 1.40 bits per heavy atom. The Labute approximate surface area is 146 Å². The van der Waals surface area contributed by atoms with Gasteiger partial charge in [-0.05, 0) is 43.9 Å². The molecule has 7 heteroatoms. The van der Waals surface area contributed by atoms with Crippen molar-refractivity contribution in [3.05, 3.63) is 47.7 Å². The summed E-state index contributed by atoms with van der Waals surface area (Å²) in [5.41, 5.74) is 2.18. The number of rotatable bonds is 6. The standard InChI is InChI=1S/C18H22N4O3/c1-21(2)11-16-20-17-14(5-4-8-19-17)22(16)10-12-6-7-13(18(23)24)15(9-12)25-3/h4-9,16H,10-11H2,1-3H3,(H,19,20)(H,23,24). The number of fused-ring (bicyclic) bond motifs is 1. The predicted octanol–water partition coefficient (Wildman–Crippen LogP) is 2.11. The van der Waals surface area contributed by atoms with Crippen molar-refractivity contribution in [2.75, 3.05) is 38.0 Å². The monoisotopic (exact) mass is 342 g/mol. The Bertz CT molecular complexity index is 779. The second-order valence-electron chi connectivity index (χ2n) is 6.26. The van der Waals surface area contributed by atoms with Crippen molar-refractivity contribution >= 4 is 17.5 Å². The first-order valence-corrected chi connectivity index (χ1v) is 8.02. The maximum Gasteiger partial charge on any atom is 0.339 e. The number of ether oxygens (including phenoxy) is 1. The maximum absolute atomic E-state index is 11.3. The maximum atomic E-state index is 11.3. The van der Waals surface area contributed by atoms with Crippen molar-refractivity contribution in [2.45, 2.75) is 12.7 Å². The van der Waals surface area contributed by atoms with E-state index in [4.69, 9.17) is 4.74 Å². The number of anilines is 2. The molecule has 132 valence electrons. The van der Waals surface area contributed by atoms with Crippen molar-refractivity contribution in [1.82, 2.24) is 9.88 Å². The molecule has 7 nitrogen and oxygen atoms in total. The molecule has 0 saturated heterocycles. The normalized spacial score (nSPS) is 15.8. The van der Waals surface area contributed by atoms with Gasteiger partial charge in [-0.25, -0.2) is 9.78 Å². The van der Waals surface area contributed by atoms with Crippen LogP contribution in [-0.4, -0.2) is 54.9 Å². The second-order valence-corrected chi connectivity index (χ2v) is 6.26. The van der Waals surface area contributed by atoms with Gasteiger partial charge in [0.05, 0.1) is 12.8 Å². The first-order valence-electron chi connectivity index (χ1n) is 8.02. The van der Waals surface area contributed by atoms with E-state index in [9.17, 15) is 9.90 Å². The van der Waals surface area contributed by atoms with Crippen LogP contribution in [0.1, 0.15) is 15.9 Å². The molecular weight excluding hydrogens is 320 g/mol. The number of carboxylic acids is 1. The van der Waals surface area contributed by atoms with Crippen LogP contribution in [0.25, 0.3) is 0 Å². The van der Waals surface area contributed by atoms with Crippen LogP contribution in [0.5, 0.6) is 5.75 Å². The zero-order valence-corrected chi connectivity index (χ0v) is 14.6. The van der Waals surface area contributed by atoms with Gasteiger partial charge in [-0.3, -0.25) is 0 Å². The van der Waals surface area contributed by atoms with Crippen LogP contribution >= 0.6 is 0 Å². The molecule has 0 saturated carbocycles. The van der Waals surface area contributed by atoms with E-state index in [-0.39, 0.29) is 11.7 Å². The Morgan fingerprint density at radius 3 is 2.88 bits per heavy atom. The van der Waals surface area contributed by atoms with E-state index in [2.05, 4.69) is 20.1 Å². The highest BCUT2D eigenvalue weighted by Gasteiger charge is 2.30. The van der Waals surface area contributed by atoms with Crippen molar-refractivity contribution < 1.29 is 14.6 Å². The van der Waals surface area contributed by atoms with Crippen LogP contribution in [0.4, 0.5) is 11.5 Å². The van der Waals surface area contributed by atoms with Crippen molar-refractivity contribution in [3.8, 4) is 5.75 Å². The molecule has 1 aromatic carbocycles. The average molecular weight is 342 g/mol. The van der Waals surface area contributed by atoms with Crippen LogP contribution in [0, 0.1) is 0 Å². The van der Waals surface area contributed by atoms with Crippen LogP contribution in [0.2, 0.25) is 0 Å². The molecule has 1 unspecified atom stereocenters. The highest BCUT2D eigenvalue weighted by Crippen LogP contribution is 2.34. The molecule has 0 radical (unpaired) electrons. The lowest BCUT2D eigenvalue weighted by Crippen LogP contribution is -2.42. The molecule has 0 fully saturated rings. The Balaban J connectivity index is 1.90. The number of benzene rings is 1. The van der Waals surface area contributed by atoms with Crippen LogP contribution < -0.4 is 15.0 Å². The molecule has 1 aliphatic heterocycles. The molecule has 2 N–H and O–H groups in total. The van der Waals surface area contributed by atoms with E-state index in [1.807, 2.05) is 32.3 Å². The summed E-state index contributed by atoms with van der Waals surface area (Å²) < 4.78 is 5.24. The second kappa shape index (κ2) is 6.98. The fourth-order valence-corrected chi connectivity index (χ4v) is 3.04. The minimum Gasteiger partial charge on any atom is -0.496 e. The van der Waals surface area contributed by atoms with E-state index in [1.54, 1.807) is 18.3 Å². The first-order chi connectivity index (χ1) is 12.0. The summed E-state index contributed by atoms with van der Waals surface area (Å²) in [4.78, 5) is 20.0. The average Bonchev–Trinajstić information content (AvgIpc) is 2.91. The summed E-state index contributed by atoms with van der Waals surface area (Å²) in [5.74, 6) is 0.238. The smallest absolute Gasteiger partial charge is 0.339 e. The summed E-state index contributed by atoms with van der Waals surface area (Å²) >= 11 is 0. The minimum absolute atomic E-state index is 0.0880. The molecular formula is C18H22N4O3. The molecule has 1 aliphatic rings. The van der Waals surface area contributed by atoms with Gasteiger partial charge in [0.2, 0.25) is 0 Å². The zero-order valence-electron chi connectivity index (χ0n) is 14.6. The number of methoxy groups -OCH3 is 1. The predicted molar refractivity (Wildman–Crippen MR) is 96.3 cm³/mol. The topological polar surface area (TPSA) is 77.9 Å². The molecule has 2 aromatic rings. The number of aromatic nitrogens is 1. The van der Waals surface area contributed by atoms with Gasteiger partial charge in [0.25, 0.3) is 0 Å². The molecule has 2 heterocycles. The molecule has 25 heavy (non-hydrogen) atoms.